The summed E-state index contributed by atoms with van der Waals surface area (Å²) in [5.74, 6) is 0.201. The highest BCUT2D eigenvalue weighted by Crippen LogP contribution is 2.38. The summed E-state index contributed by atoms with van der Waals surface area (Å²) >= 11 is 0. The number of amides is 1. The van der Waals surface area contributed by atoms with E-state index in [4.69, 9.17) is 19.2 Å². The first-order valence-electron chi connectivity index (χ1n) is 23.0. The number of piperazine rings is 2. The molecule has 0 N–H and O–H groups in total. The Kier molecular flexibility index (Phi) is 10.7. The van der Waals surface area contributed by atoms with Crippen molar-refractivity contribution in [1.82, 2.24) is 43.6 Å². The first-order chi connectivity index (χ1) is 31.8. The molecule has 9 heterocycles. The summed E-state index contributed by atoms with van der Waals surface area (Å²) in [4.78, 5) is 27.3. The van der Waals surface area contributed by atoms with Gasteiger partial charge in [-0.25, -0.2) is 13.8 Å². The van der Waals surface area contributed by atoms with Crippen molar-refractivity contribution in [3.05, 3.63) is 122 Å². The van der Waals surface area contributed by atoms with E-state index < -0.39 is 0 Å². The minimum Gasteiger partial charge on any atom is -0.446 e. The summed E-state index contributed by atoms with van der Waals surface area (Å²) in [6, 6.07) is 19.9. The van der Waals surface area contributed by atoms with Crippen LogP contribution < -0.4 is 19.4 Å². The smallest absolute Gasteiger partial charge is 0.410 e. The molecule has 1 saturated carbocycles. The molecule has 0 bridgehead atoms. The molecule has 11 rings (SSSR count). The molecule has 3 atom stereocenters. The van der Waals surface area contributed by atoms with Crippen molar-refractivity contribution in [1.29, 1.82) is 0 Å². The second-order valence-corrected chi connectivity index (χ2v) is 18.0. The third-order valence-corrected chi connectivity index (χ3v) is 13.9. The fourth-order valence-corrected chi connectivity index (χ4v) is 10.3. The molecule has 7 aromatic heterocycles. The van der Waals surface area contributed by atoms with E-state index in [0.717, 1.165) is 109 Å². The second kappa shape index (κ2) is 17.1. The fourth-order valence-electron chi connectivity index (χ4n) is 10.3. The summed E-state index contributed by atoms with van der Waals surface area (Å²) in [6.07, 6.45) is 22.8. The van der Waals surface area contributed by atoms with Crippen LogP contribution in [-0.4, -0.2) is 108 Å². The highest BCUT2D eigenvalue weighted by molar-refractivity contribution is 5.77. The van der Waals surface area contributed by atoms with E-state index >= 15 is 0 Å². The van der Waals surface area contributed by atoms with Crippen LogP contribution in [0.2, 0.25) is 0 Å². The van der Waals surface area contributed by atoms with Crippen molar-refractivity contribution in [2.45, 2.75) is 51.2 Å². The molecule has 1 amide bonds. The number of nitrogens with zero attached hydrogens (tertiary/aromatic N) is 13. The average molecular weight is 875 g/mol. The summed E-state index contributed by atoms with van der Waals surface area (Å²) in [5, 5.41) is 13.8. The monoisotopic (exact) mass is 874 g/mol. The molecule has 8 aromatic rings. The molecule has 65 heavy (non-hydrogen) atoms. The zero-order valence-electron chi connectivity index (χ0n) is 37.4. The van der Waals surface area contributed by atoms with E-state index in [2.05, 4.69) is 115 Å². The zero-order valence-corrected chi connectivity index (χ0v) is 37.4. The van der Waals surface area contributed by atoms with Crippen LogP contribution in [0.1, 0.15) is 49.9 Å². The number of carbonyl (C=O) groups is 1. The Morgan fingerprint density at radius 3 is 2.06 bits per heavy atom. The van der Waals surface area contributed by atoms with Gasteiger partial charge in [0.2, 0.25) is 6.20 Å². The van der Waals surface area contributed by atoms with Crippen molar-refractivity contribution in [3.63, 3.8) is 0 Å². The lowest BCUT2D eigenvalue weighted by molar-refractivity contribution is -0.757. The standard InChI is InChI=1S/C49H56N13O3/c1-35(65-49(63)59-23-19-57(20-24-59)47-28-51-60-31-37(13-15-44(47)60)39-26-50-54(2)29-39)42-11-7-8-12-43(42)62-33-40(30-55(62)3)38-14-16-45-46(27-52-61(45)32-38)56-17-21-58(22-18-56)48-53-41(34-64-48)25-36-9-5-4-6-10-36/h4-6,9-10,13-16,26-35,42-43H,7-8,11-12,17-25H2,1-3H3/q+1/t35-,42?,43?/m1/s1. The Bertz CT molecular complexity index is 2930. The van der Waals surface area contributed by atoms with Crippen LogP contribution in [0.3, 0.4) is 0 Å². The van der Waals surface area contributed by atoms with Gasteiger partial charge in [0, 0.05) is 107 Å². The number of fused-ring (bicyclic) bond motifs is 2. The summed E-state index contributed by atoms with van der Waals surface area (Å²) in [6.45, 7) is 8.05. The fraction of sp³-hybridized carbons (Fsp3) is 0.388. The maximum absolute atomic E-state index is 13.7. The lowest BCUT2D eigenvalue weighted by atomic mass is 9.81. The quantitative estimate of drug-likeness (QED) is 0.138. The van der Waals surface area contributed by atoms with Crippen LogP contribution in [0, 0.1) is 5.92 Å². The van der Waals surface area contributed by atoms with Crippen molar-refractivity contribution in [3.8, 4) is 22.3 Å². The maximum Gasteiger partial charge on any atom is 0.410 e. The molecule has 16 nitrogen and oxygen atoms in total. The van der Waals surface area contributed by atoms with Crippen LogP contribution in [0.25, 0.3) is 33.3 Å². The molecule has 2 aliphatic heterocycles. The molecule has 1 aliphatic carbocycles. The molecule has 0 spiro atoms. The van der Waals surface area contributed by atoms with E-state index in [1.807, 2.05) is 58.0 Å². The number of hydrogen-bond acceptors (Lipinski definition) is 10. The van der Waals surface area contributed by atoms with Gasteiger partial charge in [-0.15, -0.1) is 4.68 Å². The first kappa shape index (κ1) is 40.7. The predicted molar refractivity (Wildman–Crippen MR) is 248 cm³/mol. The van der Waals surface area contributed by atoms with Gasteiger partial charge >= 0.3 is 6.09 Å². The van der Waals surface area contributed by atoms with E-state index in [1.54, 1.807) is 10.9 Å². The number of ether oxygens (including phenoxy) is 1. The molecule has 1 aromatic carbocycles. The Morgan fingerprint density at radius 1 is 0.738 bits per heavy atom. The Morgan fingerprint density at radius 2 is 1.38 bits per heavy atom. The first-order valence-corrected chi connectivity index (χ1v) is 23.0. The van der Waals surface area contributed by atoms with Crippen LogP contribution in [0.15, 0.2) is 115 Å². The molecule has 3 fully saturated rings. The number of anilines is 3. The lowest BCUT2D eigenvalue weighted by Crippen LogP contribution is -2.50. The van der Waals surface area contributed by atoms with Gasteiger partial charge in [0.1, 0.15) is 12.4 Å². The second-order valence-electron chi connectivity index (χ2n) is 18.0. The van der Waals surface area contributed by atoms with Crippen molar-refractivity contribution in [2.75, 3.05) is 67.1 Å². The molecular weight excluding hydrogens is 819 g/mol. The molecule has 334 valence electrons. The van der Waals surface area contributed by atoms with Gasteiger partial charge in [-0.05, 0) is 37.5 Å². The Balaban J connectivity index is 0.706. The normalized spacial score (nSPS) is 18.8. The van der Waals surface area contributed by atoms with Gasteiger partial charge < -0.3 is 28.8 Å². The topological polar surface area (TPSA) is 127 Å². The van der Waals surface area contributed by atoms with Crippen LogP contribution in [0.5, 0.6) is 0 Å². The minimum atomic E-state index is -0.226. The van der Waals surface area contributed by atoms with Gasteiger partial charge in [-0.1, -0.05) is 55.3 Å². The molecule has 2 saturated heterocycles. The highest BCUT2D eigenvalue weighted by Gasteiger charge is 2.37. The van der Waals surface area contributed by atoms with Crippen molar-refractivity contribution in [2.24, 2.45) is 20.0 Å². The zero-order chi connectivity index (χ0) is 44.0. The van der Waals surface area contributed by atoms with Gasteiger partial charge in [-0.3, -0.25) is 4.68 Å². The summed E-state index contributed by atoms with van der Waals surface area (Å²) < 4.78 is 22.5. The predicted octanol–water partition coefficient (Wildman–Crippen LogP) is 6.66. The number of pyridine rings is 2. The highest BCUT2D eigenvalue weighted by atomic mass is 16.6. The molecule has 16 heteroatoms. The summed E-state index contributed by atoms with van der Waals surface area (Å²) in [5.41, 5.74) is 10.9. The molecule has 3 aliphatic rings. The van der Waals surface area contributed by atoms with Crippen LogP contribution in [0.4, 0.5) is 22.2 Å². The number of rotatable bonds is 10. The Labute approximate surface area is 377 Å². The van der Waals surface area contributed by atoms with Gasteiger partial charge in [-0.2, -0.15) is 25.0 Å². The van der Waals surface area contributed by atoms with E-state index in [-0.39, 0.29) is 24.2 Å². The van der Waals surface area contributed by atoms with E-state index in [9.17, 15) is 4.79 Å². The lowest BCUT2D eigenvalue weighted by Gasteiger charge is -2.37. The number of aryl methyl sites for hydroxylation is 2. The third-order valence-electron chi connectivity index (χ3n) is 13.9. The van der Waals surface area contributed by atoms with E-state index in [0.29, 0.717) is 32.2 Å². The van der Waals surface area contributed by atoms with Gasteiger partial charge in [0.15, 0.2) is 7.05 Å². The molecular formula is C49H56N13O3+. The number of benzene rings is 1. The third kappa shape index (κ3) is 8.06. The van der Waals surface area contributed by atoms with Crippen molar-refractivity contribution >= 4 is 34.5 Å². The largest absolute Gasteiger partial charge is 0.446 e. The summed E-state index contributed by atoms with van der Waals surface area (Å²) in [7, 11) is 4.03. The van der Waals surface area contributed by atoms with Gasteiger partial charge in [0.25, 0.3) is 6.01 Å². The van der Waals surface area contributed by atoms with Crippen LogP contribution >= 0.6 is 0 Å². The molecule has 0 radical (unpaired) electrons. The maximum atomic E-state index is 13.7. The minimum absolute atomic E-state index is 0.201. The van der Waals surface area contributed by atoms with Gasteiger partial charge in [0.05, 0.1) is 64.5 Å². The molecule has 2 unspecified atom stereocenters. The SMILES string of the molecule is C[C@@H](OC(=O)N1CCN(c2cnn3cc(-c4cnn(C)c4)ccc23)CC1)C1CCCCC1n1cc(-c2ccc3c(N4CCN(c5nc(Cc6ccccc6)co5)CC4)cnn3c2)c[n+]1C. The van der Waals surface area contributed by atoms with Crippen LogP contribution in [-0.2, 0) is 25.3 Å². The van der Waals surface area contributed by atoms with E-state index in [1.165, 1.54) is 5.56 Å². The number of aromatic nitrogens is 9. The number of oxazole rings is 1. The Hall–Kier alpha value is -7.10. The number of hydrogen-bond donors (Lipinski definition) is 0. The van der Waals surface area contributed by atoms with Crippen molar-refractivity contribution < 1.29 is 18.6 Å². The average Bonchev–Trinajstić information content (AvgIpc) is 4.21. The number of carbonyl (C=O) groups excluding carboxylic acids is 1.